The number of piperazine rings is 1. The van der Waals surface area contributed by atoms with Gasteiger partial charge in [-0.05, 0) is 70.6 Å². The number of carbonyl (C=O) groups is 1. The largest absolute Gasteiger partial charge is 0.497 e. The second-order valence-corrected chi connectivity index (χ2v) is 10.1. The molecule has 2 heterocycles. The molecule has 1 aromatic heterocycles. The Kier molecular flexibility index (Phi) is 7.15. The molecule has 0 aliphatic carbocycles. The minimum Gasteiger partial charge on any atom is -0.497 e. The fourth-order valence-corrected chi connectivity index (χ4v) is 5.31. The first-order chi connectivity index (χ1) is 18.0. The average Bonchev–Trinajstić information content (AvgIpc) is 2.94. The number of methoxy groups -OCH3 is 1. The van der Waals surface area contributed by atoms with Gasteiger partial charge in [-0.3, -0.25) is 9.59 Å². The van der Waals surface area contributed by atoms with Crippen LogP contribution in [0.4, 0.5) is 5.69 Å². The summed E-state index contributed by atoms with van der Waals surface area (Å²) in [4.78, 5) is 30.6. The van der Waals surface area contributed by atoms with Crippen molar-refractivity contribution >= 4 is 45.1 Å². The molecular formula is C29H25IN4O3. The Labute approximate surface area is 228 Å². The van der Waals surface area contributed by atoms with E-state index < -0.39 is 0 Å². The minimum absolute atomic E-state index is 0.0412. The van der Waals surface area contributed by atoms with E-state index in [0.717, 1.165) is 20.0 Å². The number of benzene rings is 3. The fraction of sp³-hybridized carbons (Fsp3) is 0.207. The van der Waals surface area contributed by atoms with Gasteiger partial charge in [0.2, 0.25) is 0 Å². The molecule has 186 valence electrons. The van der Waals surface area contributed by atoms with E-state index in [1.165, 1.54) is 0 Å². The van der Waals surface area contributed by atoms with Gasteiger partial charge in [-0.15, -0.1) is 0 Å². The molecule has 8 heteroatoms. The number of nitriles is 1. The summed E-state index contributed by atoms with van der Waals surface area (Å²) in [5.74, 6) is 0.661. The molecule has 0 bridgehead atoms. The van der Waals surface area contributed by atoms with Crippen molar-refractivity contribution in [1.82, 2.24) is 9.47 Å². The summed E-state index contributed by atoms with van der Waals surface area (Å²) in [5.41, 5.74) is 2.89. The third kappa shape index (κ3) is 4.91. The smallest absolute Gasteiger partial charge is 0.271 e. The fourth-order valence-electron chi connectivity index (χ4n) is 4.82. The number of anilines is 1. The first kappa shape index (κ1) is 24.8. The van der Waals surface area contributed by atoms with Crippen LogP contribution in [0.5, 0.6) is 5.75 Å². The van der Waals surface area contributed by atoms with Gasteiger partial charge >= 0.3 is 0 Å². The summed E-state index contributed by atoms with van der Waals surface area (Å²) >= 11 is 2.26. The maximum atomic E-state index is 13.6. The van der Waals surface area contributed by atoms with Crippen LogP contribution in [0, 0.1) is 14.9 Å². The molecular weight excluding hydrogens is 579 g/mol. The van der Waals surface area contributed by atoms with E-state index in [1.807, 2.05) is 53.4 Å². The number of pyridine rings is 1. The Balaban J connectivity index is 1.48. The van der Waals surface area contributed by atoms with Crippen molar-refractivity contribution in [3.8, 4) is 11.8 Å². The highest BCUT2D eigenvalue weighted by Crippen LogP contribution is 2.31. The van der Waals surface area contributed by atoms with Crippen molar-refractivity contribution in [2.45, 2.75) is 6.54 Å². The zero-order valence-electron chi connectivity index (χ0n) is 20.4. The Morgan fingerprint density at radius 1 is 1.00 bits per heavy atom. The lowest BCUT2D eigenvalue weighted by molar-refractivity contribution is 0.0747. The van der Waals surface area contributed by atoms with Crippen molar-refractivity contribution in [2.24, 2.45) is 0 Å². The standard InChI is InChI=1S/C29H25IN4O3/c1-37-23-10-7-21(8-11-23)28(35)33-15-13-32(14-16-33)27-24-17-22(30)9-12-26(24)34(29(36)25(27)18-31)19-20-5-3-2-4-6-20/h2-12,17H,13-16,19H2,1H3. The maximum Gasteiger partial charge on any atom is 0.271 e. The molecule has 3 aromatic carbocycles. The van der Waals surface area contributed by atoms with E-state index in [0.29, 0.717) is 49.7 Å². The van der Waals surface area contributed by atoms with E-state index in [-0.39, 0.29) is 17.0 Å². The summed E-state index contributed by atoms with van der Waals surface area (Å²) in [7, 11) is 1.59. The summed E-state index contributed by atoms with van der Waals surface area (Å²) in [6.45, 7) is 2.43. The number of halogens is 1. The first-order valence-electron chi connectivity index (χ1n) is 12.0. The summed E-state index contributed by atoms with van der Waals surface area (Å²) in [6, 6.07) is 25.0. The van der Waals surface area contributed by atoms with Crippen LogP contribution in [-0.4, -0.2) is 48.7 Å². The van der Waals surface area contributed by atoms with Gasteiger partial charge in [0.05, 0.1) is 24.9 Å². The van der Waals surface area contributed by atoms with Crippen LogP contribution >= 0.6 is 22.6 Å². The second kappa shape index (κ2) is 10.6. The highest BCUT2D eigenvalue weighted by atomic mass is 127. The molecule has 37 heavy (non-hydrogen) atoms. The highest BCUT2D eigenvalue weighted by Gasteiger charge is 2.27. The monoisotopic (exact) mass is 604 g/mol. The number of nitrogens with zero attached hydrogens (tertiary/aromatic N) is 4. The number of hydrogen-bond acceptors (Lipinski definition) is 5. The third-order valence-electron chi connectivity index (χ3n) is 6.72. The maximum absolute atomic E-state index is 13.6. The second-order valence-electron chi connectivity index (χ2n) is 8.88. The molecule has 5 rings (SSSR count). The van der Waals surface area contributed by atoms with E-state index >= 15 is 0 Å². The van der Waals surface area contributed by atoms with E-state index in [4.69, 9.17) is 4.74 Å². The van der Waals surface area contributed by atoms with Gasteiger partial charge in [0.25, 0.3) is 11.5 Å². The van der Waals surface area contributed by atoms with Crippen molar-refractivity contribution in [3.05, 3.63) is 103 Å². The lowest BCUT2D eigenvalue weighted by Gasteiger charge is -2.37. The molecule has 1 saturated heterocycles. The number of amides is 1. The summed E-state index contributed by atoms with van der Waals surface area (Å²) in [5, 5.41) is 11.0. The van der Waals surface area contributed by atoms with Crippen LogP contribution in [0.25, 0.3) is 10.9 Å². The molecule has 1 aliphatic heterocycles. The van der Waals surface area contributed by atoms with E-state index in [1.54, 1.807) is 35.9 Å². The van der Waals surface area contributed by atoms with Crippen LogP contribution < -0.4 is 15.2 Å². The van der Waals surface area contributed by atoms with Gasteiger partial charge in [0.15, 0.2) is 0 Å². The molecule has 4 aromatic rings. The number of carbonyl (C=O) groups excluding carboxylic acids is 1. The number of ether oxygens (including phenoxy) is 1. The average molecular weight is 604 g/mol. The predicted molar refractivity (Wildman–Crippen MR) is 152 cm³/mol. The van der Waals surface area contributed by atoms with Crippen molar-refractivity contribution in [2.75, 3.05) is 38.2 Å². The predicted octanol–water partition coefficient (Wildman–Crippen LogP) is 4.50. The zero-order valence-corrected chi connectivity index (χ0v) is 22.5. The van der Waals surface area contributed by atoms with Crippen LogP contribution in [0.2, 0.25) is 0 Å². The summed E-state index contributed by atoms with van der Waals surface area (Å²) < 4.78 is 7.90. The zero-order chi connectivity index (χ0) is 25.9. The molecule has 0 N–H and O–H groups in total. The lowest BCUT2D eigenvalue weighted by atomic mass is 10.1. The number of rotatable bonds is 5. The van der Waals surface area contributed by atoms with Gasteiger partial charge in [-0.1, -0.05) is 30.3 Å². The van der Waals surface area contributed by atoms with E-state index in [9.17, 15) is 14.9 Å². The molecule has 1 amide bonds. The first-order valence-corrected chi connectivity index (χ1v) is 13.1. The number of hydrogen-bond donors (Lipinski definition) is 0. The molecule has 1 fully saturated rings. The Morgan fingerprint density at radius 2 is 1.70 bits per heavy atom. The SMILES string of the molecule is COc1ccc(C(=O)N2CCN(c3c(C#N)c(=O)n(Cc4ccccc4)c4ccc(I)cc34)CC2)cc1. The molecule has 0 saturated carbocycles. The molecule has 0 atom stereocenters. The van der Waals surface area contributed by atoms with Crippen molar-refractivity contribution in [1.29, 1.82) is 5.26 Å². The van der Waals surface area contributed by atoms with Gasteiger partial charge in [-0.2, -0.15) is 5.26 Å². The Bertz CT molecular complexity index is 1550. The van der Waals surface area contributed by atoms with Crippen LogP contribution in [0.15, 0.2) is 77.6 Å². The lowest BCUT2D eigenvalue weighted by Crippen LogP contribution is -2.49. The van der Waals surface area contributed by atoms with Crippen molar-refractivity contribution < 1.29 is 9.53 Å². The molecule has 1 aliphatic rings. The number of fused-ring (bicyclic) bond motifs is 1. The quantitative estimate of drug-likeness (QED) is 0.314. The molecule has 0 radical (unpaired) electrons. The summed E-state index contributed by atoms with van der Waals surface area (Å²) in [6.07, 6.45) is 0. The van der Waals surface area contributed by atoms with Crippen LogP contribution in [0.1, 0.15) is 21.5 Å². The Hall–Kier alpha value is -3.84. The van der Waals surface area contributed by atoms with Gasteiger partial charge in [0, 0.05) is 40.7 Å². The van der Waals surface area contributed by atoms with E-state index in [2.05, 4.69) is 33.6 Å². The topological polar surface area (TPSA) is 78.6 Å². The minimum atomic E-state index is -0.299. The van der Waals surface area contributed by atoms with Gasteiger partial charge in [0.1, 0.15) is 17.4 Å². The number of aromatic nitrogens is 1. The van der Waals surface area contributed by atoms with Gasteiger partial charge < -0.3 is 19.1 Å². The van der Waals surface area contributed by atoms with Crippen LogP contribution in [0.3, 0.4) is 0 Å². The van der Waals surface area contributed by atoms with Gasteiger partial charge in [-0.25, -0.2) is 0 Å². The Morgan fingerprint density at radius 3 is 2.35 bits per heavy atom. The molecule has 7 nitrogen and oxygen atoms in total. The normalized spacial score (nSPS) is 13.4. The molecule has 0 spiro atoms. The third-order valence-corrected chi connectivity index (χ3v) is 7.39. The van der Waals surface area contributed by atoms with Crippen LogP contribution in [-0.2, 0) is 6.54 Å². The highest BCUT2D eigenvalue weighted by molar-refractivity contribution is 14.1. The van der Waals surface area contributed by atoms with Crippen molar-refractivity contribution in [3.63, 3.8) is 0 Å². The molecule has 0 unspecified atom stereocenters.